The number of hydrogen-bond acceptors (Lipinski definition) is 3. The highest BCUT2D eigenvalue weighted by Gasteiger charge is 2.23. The minimum atomic E-state index is -0.432. The number of amides is 2. The molecule has 0 aliphatic heterocycles. The summed E-state index contributed by atoms with van der Waals surface area (Å²) in [6.45, 7) is 8.36. The Bertz CT molecular complexity index is 911. The molecule has 1 N–H and O–H groups in total. The van der Waals surface area contributed by atoms with E-state index in [4.69, 9.17) is 0 Å². The molecule has 2 rings (SSSR count). The van der Waals surface area contributed by atoms with Crippen molar-refractivity contribution >= 4 is 23.2 Å². The van der Waals surface area contributed by atoms with Crippen LogP contribution >= 0.6 is 0 Å². The zero-order valence-corrected chi connectivity index (χ0v) is 19.4. The monoisotopic (exact) mass is 427 g/mol. The van der Waals surface area contributed by atoms with Crippen LogP contribution in [0.2, 0.25) is 0 Å². The fourth-order valence-electron chi connectivity index (χ4n) is 3.43. The number of carbonyl (C=O) groups excluding carboxylic acids is 2. The quantitative estimate of drug-likeness (QED) is 0.589. The lowest BCUT2D eigenvalue weighted by Gasteiger charge is -2.31. The minimum absolute atomic E-state index is 0.0341. The Balaban J connectivity index is 2.38. The minimum Gasteiger partial charge on any atom is -0.377 e. The van der Waals surface area contributed by atoms with Gasteiger partial charge in [-0.15, -0.1) is 0 Å². The first kappa shape index (κ1) is 24.4. The molecular formula is C25H34FN3O2. The van der Waals surface area contributed by atoms with Gasteiger partial charge >= 0.3 is 0 Å². The summed E-state index contributed by atoms with van der Waals surface area (Å²) >= 11 is 0. The van der Waals surface area contributed by atoms with E-state index in [0.717, 1.165) is 17.7 Å². The Kier molecular flexibility index (Phi) is 8.60. The summed E-state index contributed by atoms with van der Waals surface area (Å²) in [6, 6.07) is 11.5. The summed E-state index contributed by atoms with van der Waals surface area (Å²) in [5.74, 6) is -0.412. The second kappa shape index (κ2) is 10.9. The first-order valence-electron chi connectivity index (χ1n) is 10.8. The van der Waals surface area contributed by atoms with Crippen molar-refractivity contribution in [2.75, 3.05) is 24.3 Å². The van der Waals surface area contributed by atoms with Gasteiger partial charge in [-0.1, -0.05) is 26.8 Å². The van der Waals surface area contributed by atoms with Crippen molar-refractivity contribution in [1.82, 2.24) is 4.90 Å². The summed E-state index contributed by atoms with van der Waals surface area (Å²) < 4.78 is 13.7. The van der Waals surface area contributed by atoms with Crippen LogP contribution in [-0.4, -0.2) is 36.9 Å². The third-order valence-electron chi connectivity index (χ3n) is 5.23. The molecule has 0 radical (unpaired) electrons. The van der Waals surface area contributed by atoms with Crippen LogP contribution in [0.3, 0.4) is 0 Å². The maximum Gasteiger partial charge on any atom is 0.254 e. The predicted octanol–water partition coefficient (Wildman–Crippen LogP) is 5.32. The molecular weight excluding hydrogens is 393 g/mol. The molecule has 5 nitrogen and oxygen atoms in total. The lowest BCUT2D eigenvalue weighted by atomic mass is 10.1. The summed E-state index contributed by atoms with van der Waals surface area (Å²) in [4.78, 5) is 29.2. The molecule has 0 bridgehead atoms. The molecule has 0 unspecified atom stereocenters. The van der Waals surface area contributed by atoms with E-state index in [9.17, 15) is 14.0 Å². The van der Waals surface area contributed by atoms with E-state index in [-0.39, 0.29) is 23.8 Å². The maximum atomic E-state index is 13.7. The Morgan fingerprint density at radius 1 is 1.06 bits per heavy atom. The Hall–Kier alpha value is -2.89. The van der Waals surface area contributed by atoms with E-state index in [1.807, 2.05) is 64.9 Å². The van der Waals surface area contributed by atoms with Crippen molar-refractivity contribution < 1.29 is 14.0 Å². The largest absolute Gasteiger partial charge is 0.377 e. The maximum absolute atomic E-state index is 13.7. The first-order valence-corrected chi connectivity index (χ1v) is 10.8. The number of halogens is 1. The molecule has 0 aliphatic rings. The lowest BCUT2D eigenvalue weighted by molar-refractivity contribution is -0.116. The summed E-state index contributed by atoms with van der Waals surface area (Å²) in [5.41, 5.74) is 2.90. The third-order valence-corrected chi connectivity index (χ3v) is 5.23. The molecule has 31 heavy (non-hydrogen) atoms. The van der Waals surface area contributed by atoms with Gasteiger partial charge in [0, 0.05) is 50.0 Å². The molecule has 0 heterocycles. The van der Waals surface area contributed by atoms with Gasteiger partial charge in [0.15, 0.2) is 0 Å². The van der Waals surface area contributed by atoms with Crippen LogP contribution in [0.5, 0.6) is 0 Å². The van der Waals surface area contributed by atoms with Crippen molar-refractivity contribution in [1.29, 1.82) is 0 Å². The number of hydrogen-bond donors (Lipinski definition) is 1. The topological polar surface area (TPSA) is 52.7 Å². The number of anilines is 2. The van der Waals surface area contributed by atoms with Crippen LogP contribution in [0.15, 0.2) is 42.5 Å². The molecule has 6 heteroatoms. The molecule has 0 aromatic heterocycles. The van der Waals surface area contributed by atoms with Crippen LogP contribution in [0.4, 0.5) is 15.8 Å². The molecule has 0 spiro atoms. The number of rotatable bonds is 9. The second-order valence-electron chi connectivity index (χ2n) is 8.58. The Morgan fingerprint density at radius 2 is 1.77 bits per heavy atom. The van der Waals surface area contributed by atoms with E-state index < -0.39 is 5.82 Å². The zero-order chi connectivity index (χ0) is 23.1. The molecule has 0 aliphatic carbocycles. The van der Waals surface area contributed by atoms with Gasteiger partial charge in [0.1, 0.15) is 5.82 Å². The van der Waals surface area contributed by atoms with Gasteiger partial charge in [0.2, 0.25) is 5.91 Å². The van der Waals surface area contributed by atoms with Crippen molar-refractivity contribution in [3.05, 3.63) is 59.4 Å². The Labute approximate surface area is 185 Å². The lowest BCUT2D eigenvalue weighted by Crippen LogP contribution is -2.38. The van der Waals surface area contributed by atoms with Crippen LogP contribution in [0.1, 0.15) is 56.5 Å². The predicted molar refractivity (Wildman–Crippen MR) is 125 cm³/mol. The highest BCUT2D eigenvalue weighted by molar-refractivity contribution is 5.94. The smallest absolute Gasteiger partial charge is 0.254 e. The summed E-state index contributed by atoms with van der Waals surface area (Å²) in [7, 11) is 3.88. The van der Waals surface area contributed by atoms with E-state index in [1.54, 1.807) is 17.0 Å². The van der Waals surface area contributed by atoms with Crippen LogP contribution in [-0.2, 0) is 11.3 Å². The summed E-state index contributed by atoms with van der Waals surface area (Å²) in [5, 5.41) is 2.95. The normalized spacial score (nSPS) is 11.9. The van der Waals surface area contributed by atoms with Crippen LogP contribution < -0.4 is 10.2 Å². The van der Waals surface area contributed by atoms with Gasteiger partial charge in [-0.2, -0.15) is 0 Å². The fourth-order valence-corrected chi connectivity index (χ4v) is 3.43. The Morgan fingerprint density at radius 3 is 2.35 bits per heavy atom. The van der Waals surface area contributed by atoms with Crippen molar-refractivity contribution in [2.45, 2.75) is 53.1 Å². The van der Waals surface area contributed by atoms with Crippen molar-refractivity contribution in [2.24, 2.45) is 5.92 Å². The van der Waals surface area contributed by atoms with E-state index in [1.165, 1.54) is 12.1 Å². The van der Waals surface area contributed by atoms with Gasteiger partial charge in [0.05, 0.1) is 0 Å². The molecule has 2 amide bonds. The molecule has 2 aromatic rings. The first-order chi connectivity index (χ1) is 14.6. The SMILES string of the molecule is CC[C@@H](C)N(Cc1cc(NC(=O)CC(C)C)ccc1N(C)C)C(=O)c1cccc(F)c1. The zero-order valence-electron chi connectivity index (χ0n) is 19.4. The average molecular weight is 428 g/mol. The molecule has 0 saturated heterocycles. The second-order valence-corrected chi connectivity index (χ2v) is 8.58. The van der Waals surface area contributed by atoms with Gasteiger partial charge in [-0.25, -0.2) is 4.39 Å². The number of nitrogens with one attached hydrogen (secondary N) is 1. The highest BCUT2D eigenvalue weighted by atomic mass is 19.1. The molecule has 0 fully saturated rings. The number of carbonyl (C=O) groups is 2. The number of nitrogens with zero attached hydrogens (tertiary/aromatic N) is 2. The van der Waals surface area contributed by atoms with E-state index >= 15 is 0 Å². The number of benzene rings is 2. The molecule has 168 valence electrons. The van der Waals surface area contributed by atoms with Crippen LogP contribution in [0.25, 0.3) is 0 Å². The standard InChI is InChI=1S/C25H34FN3O2/c1-7-18(4)29(25(31)19-9-8-10-21(26)14-19)16-20-15-22(11-12-23(20)28(5)6)27-24(30)13-17(2)3/h8-12,14-15,17-18H,7,13,16H2,1-6H3,(H,27,30)/t18-/m1/s1. The average Bonchev–Trinajstić information content (AvgIpc) is 2.70. The van der Waals surface area contributed by atoms with Gasteiger partial charge in [-0.3, -0.25) is 9.59 Å². The van der Waals surface area contributed by atoms with E-state index in [0.29, 0.717) is 24.2 Å². The molecule has 1 atom stereocenters. The highest BCUT2D eigenvalue weighted by Crippen LogP contribution is 2.27. The van der Waals surface area contributed by atoms with Gasteiger partial charge in [-0.05, 0) is 61.2 Å². The van der Waals surface area contributed by atoms with Crippen molar-refractivity contribution in [3.63, 3.8) is 0 Å². The molecule has 2 aromatic carbocycles. The molecule has 0 saturated carbocycles. The van der Waals surface area contributed by atoms with E-state index in [2.05, 4.69) is 5.32 Å². The van der Waals surface area contributed by atoms with Crippen LogP contribution in [0, 0.1) is 11.7 Å². The van der Waals surface area contributed by atoms with Gasteiger partial charge < -0.3 is 15.1 Å². The fraction of sp³-hybridized carbons (Fsp3) is 0.440. The summed E-state index contributed by atoms with van der Waals surface area (Å²) in [6.07, 6.45) is 1.21. The third kappa shape index (κ3) is 6.81. The van der Waals surface area contributed by atoms with Crippen molar-refractivity contribution in [3.8, 4) is 0 Å². The van der Waals surface area contributed by atoms with Gasteiger partial charge in [0.25, 0.3) is 5.91 Å².